The first-order valence-corrected chi connectivity index (χ1v) is 6.09. The van der Waals surface area contributed by atoms with Gasteiger partial charge in [-0.05, 0) is 33.7 Å². The van der Waals surface area contributed by atoms with Crippen LogP contribution in [-0.4, -0.2) is 32.2 Å². The molecule has 0 saturated carbocycles. The molecule has 2 aromatic heterocycles. The first-order valence-electron chi connectivity index (χ1n) is 6.09. The third kappa shape index (κ3) is 1.61. The van der Waals surface area contributed by atoms with E-state index < -0.39 is 0 Å². The van der Waals surface area contributed by atoms with Gasteiger partial charge in [-0.15, -0.1) is 10.2 Å². The Bertz CT molecular complexity index is 559. The van der Waals surface area contributed by atoms with Gasteiger partial charge in [0, 0.05) is 23.7 Å². The number of aryl methyl sites for hydroxylation is 2. The Balaban J connectivity index is 2.17. The van der Waals surface area contributed by atoms with E-state index >= 15 is 0 Å². The lowest BCUT2D eigenvalue weighted by Crippen LogP contribution is -2.23. The highest BCUT2D eigenvalue weighted by atomic mass is 15.3. The van der Waals surface area contributed by atoms with Crippen molar-refractivity contribution in [2.45, 2.75) is 39.2 Å². The predicted octanol–water partition coefficient (Wildman–Crippen LogP) is 1.21. The summed E-state index contributed by atoms with van der Waals surface area (Å²) in [5.74, 6) is 2.45. The minimum Gasteiger partial charge on any atom is -0.314 e. The molecule has 3 heterocycles. The molecule has 1 N–H and O–H groups in total. The van der Waals surface area contributed by atoms with Gasteiger partial charge in [-0.25, -0.2) is 4.98 Å². The summed E-state index contributed by atoms with van der Waals surface area (Å²) in [4.78, 5) is 4.49. The fraction of sp³-hybridized carbons (Fsp3) is 0.583. The Labute approximate surface area is 100 Å². The van der Waals surface area contributed by atoms with Crippen molar-refractivity contribution in [2.24, 2.45) is 0 Å². The minimum absolute atomic E-state index is 0.438. The predicted molar refractivity (Wildman–Crippen MR) is 65.1 cm³/mol. The molecule has 2 unspecified atom stereocenters. The van der Waals surface area contributed by atoms with E-state index in [0.29, 0.717) is 12.0 Å². The number of rotatable bonds is 1. The van der Waals surface area contributed by atoms with Gasteiger partial charge >= 0.3 is 0 Å². The Morgan fingerprint density at radius 3 is 2.88 bits per heavy atom. The zero-order chi connectivity index (χ0) is 12.0. The maximum Gasteiger partial charge on any atom is 0.164 e. The van der Waals surface area contributed by atoms with Crippen molar-refractivity contribution in [2.75, 3.05) is 6.54 Å². The van der Waals surface area contributed by atoms with Gasteiger partial charge in [-0.3, -0.25) is 4.40 Å². The summed E-state index contributed by atoms with van der Waals surface area (Å²) >= 11 is 0. The van der Waals surface area contributed by atoms with Crippen LogP contribution in [0.5, 0.6) is 0 Å². The van der Waals surface area contributed by atoms with Crippen molar-refractivity contribution in [3.63, 3.8) is 0 Å². The number of fused-ring (bicyclic) bond motifs is 1. The minimum atomic E-state index is 0.438. The van der Waals surface area contributed by atoms with E-state index in [4.69, 9.17) is 0 Å². The van der Waals surface area contributed by atoms with Crippen LogP contribution in [0.2, 0.25) is 0 Å². The summed E-state index contributed by atoms with van der Waals surface area (Å²) in [7, 11) is 0. The van der Waals surface area contributed by atoms with Crippen molar-refractivity contribution in [1.29, 1.82) is 0 Å². The third-order valence-corrected chi connectivity index (χ3v) is 3.57. The van der Waals surface area contributed by atoms with Crippen LogP contribution in [0.1, 0.15) is 36.6 Å². The molecule has 90 valence electrons. The Morgan fingerprint density at radius 2 is 2.18 bits per heavy atom. The van der Waals surface area contributed by atoms with E-state index in [0.717, 1.165) is 36.0 Å². The Hall–Kier alpha value is -1.49. The fourth-order valence-corrected chi connectivity index (χ4v) is 2.71. The summed E-state index contributed by atoms with van der Waals surface area (Å²) in [5, 5.41) is 12.1. The lowest BCUT2D eigenvalue weighted by atomic mass is 10.0. The second kappa shape index (κ2) is 3.77. The summed E-state index contributed by atoms with van der Waals surface area (Å²) in [5.41, 5.74) is 1.90. The fourth-order valence-electron chi connectivity index (χ4n) is 2.71. The summed E-state index contributed by atoms with van der Waals surface area (Å²) in [6.45, 7) is 7.26. The Morgan fingerprint density at radius 1 is 1.35 bits per heavy atom. The van der Waals surface area contributed by atoms with Crippen molar-refractivity contribution in [3.8, 4) is 0 Å². The molecule has 0 aromatic carbocycles. The maximum atomic E-state index is 4.49. The number of hydrogen-bond donors (Lipinski definition) is 1. The molecule has 1 saturated heterocycles. The molecular weight excluding hydrogens is 214 g/mol. The van der Waals surface area contributed by atoms with E-state index in [9.17, 15) is 0 Å². The highest BCUT2D eigenvalue weighted by Gasteiger charge is 2.29. The molecule has 1 aliphatic heterocycles. The first-order chi connectivity index (χ1) is 8.16. The zero-order valence-corrected chi connectivity index (χ0v) is 10.4. The lowest BCUT2D eigenvalue weighted by Gasteiger charge is -2.13. The monoisotopic (exact) mass is 231 g/mol. The van der Waals surface area contributed by atoms with Crippen LogP contribution in [0.15, 0.2) is 6.07 Å². The highest BCUT2D eigenvalue weighted by molar-refractivity contribution is 5.40. The smallest absolute Gasteiger partial charge is 0.164 e. The van der Waals surface area contributed by atoms with Gasteiger partial charge in [0.15, 0.2) is 5.65 Å². The molecule has 1 fully saturated rings. The number of nitrogens with one attached hydrogen (secondary N) is 1. The van der Waals surface area contributed by atoms with Gasteiger partial charge in [0.05, 0.1) is 0 Å². The number of aromatic nitrogens is 4. The van der Waals surface area contributed by atoms with E-state index in [1.807, 2.05) is 19.9 Å². The quantitative estimate of drug-likeness (QED) is 0.801. The largest absolute Gasteiger partial charge is 0.314 e. The molecular formula is C12H17N5. The van der Waals surface area contributed by atoms with Crippen molar-refractivity contribution in [3.05, 3.63) is 23.4 Å². The molecule has 2 atom stereocenters. The van der Waals surface area contributed by atoms with E-state index in [1.165, 1.54) is 0 Å². The molecule has 0 aliphatic carbocycles. The van der Waals surface area contributed by atoms with E-state index in [2.05, 4.69) is 31.8 Å². The van der Waals surface area contributed by atoms with Crippen LogP contribution in [0.4, 0.5) is 0 Å². The van der Waals surface area contributed by atoms with Crippen LogP contribution in [0, 0.1) is 13.8 Å². The third-order valence-electron chi connectivity index (χ3n) is 3.57. The Kier molecular flexibility index (Phi) is 2.36. The topological polar surface area (TPSA) is 55.1 Å². The van der Waals surface area contributed by atoms with Crippen molar-refractivity contribution >= 4 is 5.65 Å². The number of nitrogens with zero attached hydrogens (tertiary/aromatic N) is 4. The molecule has 17 heavy (non-hydrogen) atoms. The van der Waals surface area contributed by atoms with Crippen LogP contribution < -0.4 is 5.32 Å². The van der Waals surface area contributed by atoms with Gasteiger partial charge in [-0.2, -0.15) is 0 Å². The average Bonchev–Trinajstić information content (AvgIpc) is 2.83. The van der Waals surface area contributed by atoms with Gasteiger partial charge in [0.1, 0.15) is 11.6 Å². The normalized spacial score (nSPS) is 24.6. The lowest BCUT2D eigenvalue weighted by molar-refractivity contribution is 0.560. The SMILES string of the molecule is Cc1cc2nnc(C3CCNC3C)n2c(C)n1. The average molecular weight is 231 g/mol. The highest BCUT2D eigenvalue weighted by Crippen LogP contribution is 2.26. The zero-order valence-electron chi connectivity index (χ0n) is 10.4. The number of hydrogen-bond acceptors (Lipinski definition) is 4. The molecule has 2 aromatic rings. The first kappa shape index (κ1) is 10.7. The molecule has 0 bridgehead atoms. The van der Waals surface area contributed by atoms with Crippen LogP contribution in [0.3, 0.4) is 0 Å². The molecule has 5 heteroatoms. The van der Waals surface area contributed by atoms with Gasteiger partial charge in [0.25, 0.3) is 0 Å². The van der Waals surface area contributed by atoms with E-state index in [-0.39, 0.29) is 0 Å². The van der Waals surface area contributed by atoms with Crippen LogP contribution >= 0.6 is 0 Å². The van der Waals surface area contributed by atoms with Gasteiger partial charge < -0.3 is 5.32 Å². The summed E-state index contributed by atoms with van der Waals surface area (Å²) in [6, 6.07) is 2.44. The van der Waals surface area contributed by atoms with Gasteiger partial charge in [-0.1, -0.05) is 0 Å². The summed E-state index contributed by atoms with van der Waals surface area (Å²) < 4.78 is 2.08. The molecule has 3 rings (SSSR count). The molecule has 5 nitrogen and oxygen atoms in total. The van der Waals surface area contributed by atoms with Crippen molar-refractivity contribution < 1.29 is 0 Å². The maximum absolute atomic E-state index is 4.49. The van der Waals surface area contributed by atoms with Crippen LogP contribution in [0.25, 0.3) is 5.65 Å². The molecule has 1 aliphatic rings. The van der Waals surface area contributed by atoms with Crippen molar-refractivity contribution in [1.82, 2.24) is 24.9 Å². The molecule has 0 spiro atoms. The second-order valence-corrected chi connectivity index (χ2v) is 4.83. The van der Waals surface area contributed by atoms with Gasteiger partial charge in [0.2, 0.25) is 0 Å². The van der Waals surface area contributed by atoms with E-state index in [1.54, 1.807) is 0 Å². The van der Waals surface area contributed by atoms with Crippen LogP contribution in [-0.2, 0) is 0 Å². The summed E-state index contributed by atoms with van der Waals surface area (Å²) in [6.07, 6.45) is 1.12. The molecule has 0 radical (unpaired) electrons. The second-order valence-electron chi connectivity index (χ2n) is 4.83. The standard InChI is InChI=1S/C12H17N5/c1-7-6-11-15-16-12(17(11)9(3)14-7)10-4-5-13-8(10)2/h6,8,10,13H,4-5H2,1-3H3. The molecule has 0 amide bonds.